The molecule has 0 aromatic rings. The molecule has 1 rings (SSSR count). The summed E-state index contributed by atoms with van der Waals surface area (Å²) in [6.07, 6.45) is -3.28. The molecule has 1 N–H and O–H groups in total. The lowest BCUT2D eigenvalue weighted by molar-refractivity contribution is -0.173. The molecular formula is C9H13ClF3NO. The Hall–Kier alpha value is -0.450. The first-order chi connectivity index (χ1) is 6.93. The van der Waals surface area contributed by atoms with Gasteiger partial charge in [0, 0.05) is 6.54 Å². The minimum atomic E-state index is -4.09. The van der Waals surface area contributed by atoms with Crippen LogP contribution in [0.2, 0.25) is 0 Å². The van der Waals surface area contributed by atoms with Gasteiger partial charge in [-0.2, -0.15) is 13.2 Å². The van der Waals surface area contributed by atoms with Crippen LogP contribution in [0.3, 0.4) is 0 Å². The Morgan fingerprint density at radius 2 is 2.07 bits per heavy atom. The average molecular weight is 244 g/mol. The normalized spacial score (nSPS) is 26.7. The first-order valence-electron chi connectivity index (χ1n) is 4.83. The van der Waals surface area contributed by atoms with Crippen molar-refractivity contribution in [2.45, 2.75) is 25.4 Å². The Balaban J connectivity index is 2.28. The highest BCUT2D eigenvalue weighted by atomic mass is 35.5. The van der Waals surface area contributed by atoms with Crippen molar-refractivity contribution in [3.8, 4) is 0 Å². The second-order valence-electron chi connectivity index (χ2n) is 3.86. The van der Waals surface area contributed by atoms with Crippen molar-refractivity contribution in [3.63, 3.8) is 0 Å². The van der Waals surface area contributed by atoms with Gasteiger partial charge in [0.1, 0.15) is 5.88 Å². The van der Waals surface area contributed by atoms with E-state index in [0.717, 1.165) is 0 Å². The van der Waals surface area contributed by atoms with Gasteiger partial charge in [-0.25, -0.2) is 0 Å². The van der Waals surface area contributed by atoms with Gasteiger partial charge in [0.25, 0.3) is 0 Å². The van der Waals surface area contributed by atoms with Gasteiger partial charge in [-0.05, 0) is 25.2 Å². The van der Waals surface area contributed by atoms with Crippen LogP contribution >= 0.6 is 11.6 Å². The van der Waals surface area contributed by atoms with Crippen LogP contribution in [0, 0.1) is 11.8 Å². The lowest BCUT2D eigenvalue weighted by Gasteiger charge is -2.14. The van der Waals surface area contributed by atoms with Crippen LogP contribution in [0.15, 0.2) is 0 Å². The van der Waals surface area contributed by atoms with Gasteiger partial charge in [0.05, 0.1) is 5.92 Å². The Kier molecular flexibility index (Phi) is 4.25. The molecule has 0 aliphatic heterocycles. The summed E-state index contributed by atoms with van der Waals surface area (Å²) in [4.78, 5) is 10.8. The molecule has 2 unspecified atom stereocenters. The zero-order chi connectivity index (χ0) is 11.5. The van der Waals surface area contributed by atoms with E-state index in [0.29, 0.717) is 13.0 Å². The summed E-state index contributed by atoms with van der Waals surface area (Å²) in [6, 6.07) is 0. The molecule has 15 heavy (non-hydrogen) atoms. The molecule has 1 aliphatic carbocycles. The predicted octanol–water partition coefficient (Wildman–Crippen LogP) is 2.32. The second-order valence-corrected chi connectivity index (χ2v) is 4.12. The number of hydrogen-bond donors (Lipinski definition) is 1. The SMILES string of the molecule is O=C(CCl)NCC1CCC(C(F)(F)F)C1. The first-order valence-corrected chi connectivity index (χ1v) is 5.36. The van der Waals surface area contributed by atoms with E-state index >= 15 is 0 Å². The summed E-state index contributed by atoms with van der Waals surface area (Å²) in [6.45, 7) is 0.304. The monoisotopic (exact) mass is 243 g/mol. The van der Waals surface area contributed by atoms with E-state index in [-0.39, 0.29) is 30.5 Å². The van der Waals surface area contributed by atoms with Crippen molar-refractivity contribution >= 4 is 17.5 Å². The highest BCUT2D eigenvalue weighted by Crippen LogP contribution is 2.41. The molecule has 0 radical (unpaired) electrons. The molecule has 0 saturated heterocycles. The molecule has 0 spiro atoms. The van der Waals surface area contributed by atoms with E-state index in [1.165, 1.54) is 0 Å². The molecule has 0 aromatic heterocycles. The minimum Gasteiger partial charge on any atom is -0.355 e. The maximum atomic E-state index is 12.3. The highest BCUT2D eigenvalue weighted by molar-refractivity contribution is 6.27. The van der Waals surface area contributed by atoms with Crippen molar-refractivity contribution < 1.29 is 18.0 Å². The smallest absolute Gasteiger partial charge is 0.355 e. The van der Waals surface area contributed by atoms with Gasteiger partial charge in [-0.3, -0.25) is 4.79 Å². The van der Waals surface area contributed by atoms with Crippen molar-refractivity contribution in [2.24, 2.45) is 11.8 Å². The van der Waals surface area contributed by atoms with Gasteiger partial charge >= 0.3 is 6.18 Å². The van der Waals surface area contributed by atoms with Crippen molar-refractivity contribution in [2.75, 3.05) is 12.4 Å². The molecule has 1 saturated carbocycles. The quantitative estimate of drug-likeness (QED) is 0.758. The molecule has 0 bridgehead atoms. The molecule has 1 amide bonds. The number of nitrogens with one attached hydrogen (secondary N) is 1. The Morgan fingerprint density at radius 1 is 1.40 bits per heavy atom. The van der Waals surface area contributed by atoms with Crippen LogP contribution in [0.4, 0.5) is 13.2 Å². The standard InChI is InChI=1S/C9H13ClF3NO/c10-4-8(15)14-5-6-1-2-7(3-6)9(11,12)13/h6-7H,1-5H2,(H,14,15). The number of hydrogen-bond acceptors (Lipinski definition) is 1. The largest absolute Gasteiger partial charge is 0.391 e. The Morgan fingerprint density at radius 3 is 2.53 bits per heavy atom. The molecule has 0 aromatic carbocycles. The van der Waals surface area contributed by atoms with Crippen LogP contribution in [0.25, 0.3) is 0 Å². The summed E-state index contributed by atoms with van der Waals surface area (Å²) in [5.74, 6) is -1.73. The molecule has 88 valence electrons. The van der Waals surface area contributed by atoms with E-state index in [4.69, 9.17) is 11.6 Å². The highest BCUT2D eigenvalue weighted by Gasteiger charge is 2.43. The third-order valence-corrected chi connectivity index (χ3v) is 2.96. The molecule has 1 aliphatic rings. The maximum absolute atomic E-state index is 12.3. The van der Waals surface area contributed by atoms with Gasteiger partial charge in [-0.15, -0.1) is 11.6 Å². The molecule has 2 nitrogen and oxygen atoms in total. The predicted molar refractivity (Wildman–Crippen MR) is 50.6 cm³/mol. The van der Waals surface area contributed by atoms with Gasteiger partial charge in [-0.1, -0.05) is 0 Å². The zero-order valence-electron chi connectivity index (χ0n) is 8.11. The van der Waals surface area contributed by atoms with E-state index in [2.05, 4.69) is 5.32 Å². The number of alkyl halides is 4. The number of rotatable bonds is 3. The molecule has 6 heteroatoms. The fourth-order valence-corrected chi connectivity index (χ4v) is 1.96. The number of halogens is 4. The van der Waals surface area contributed by atoms with Crippen LogP contribution in [0.1, 0.15) is 19.3 Å². The number of amides is 1. The van der Waals surface area contributed by atoms with Crippen LogP contribution in [-0.2, 0) is 4.79 Å². The van der Waals surface area contributed by atoms with E-state index in [9.17, 15) is 18.0 Å². The third-order valence-electron chi connectivity index (χ3n) is 2.71. The Bertz CT molecular complexity index is 232. The van der Waals surface area contributed by atoms with Crippen LogP contribution in [-0.4, -0.2) is 24.5 Å². The third kappa shape index (κ3) is 3.89. The average Bonchev–Trinajstić information content (AvgIpc) is 2.61. The molecular weight excluding hydrogens is 231 g/mol. The van der Waals surface area contributed by atoms with Crippen molar-refractivity contribution in [1.82, 2.24) is 5.32 Å². The van der Waals surface area contributed by atoms with Crippen molar-refractivity contribution in [3.05, 3.63) is 0 Å². The summed E-state index contributed by atoms with van der Waals surface area (Å²) in [5, 5.41) is 2.51. The van der Waals surface area contributed by atoms with E-state index in [1.807, 2.05) is 0 Å². The van der Waals surface area contributed by atoms with E-state index < -0.39 is 12.1 Å². The van der Waals surface area contributed by atoms with Crippen LogP contribution in [0.5, 0.6) is 0 Å². The number of carbonyl (C=O) groups is 1. The lowest BCUT2D eigenvalue weighted by Crippen LogP contribution is -2.29. The summed E-state index contributed by atoms with van der Waals surface area (Å²) >= 11 is 5.25. The van der Waals surface area contributed by atoms with Gasteiger partial charge < -0.3 is 5.32 Å². The topological polar surface area (TPSA) is 29.1 Å². The molecule has 2 atom stereocenters. The molecule has 1 fully saturated rings. The van der Waals surface area contributed by atoms with E-state index in [1.54, 1.807) is 0 Å². The minimum absolute atomic E-state index is 0.0659. The molecule has 0 heterocycles. The number of carbonyl (C=O) groups excluding carboxylic acids is 1. The summed E-state index contributed by atoms with van der Waals surface area (Å²) in [5.41, 5.74) is 0. The fraction of sp³-hybridized carbons (Fsp3) is 0.889. The summed E-state index contributed by atoms with van der Waals surface area (Å²) < 4.78 is 36.9. The second kappa shape index (κ2) is 5.05. The van der Waals surface area contributed by atoms with Crippen LogP contribution < -0.4 is 5.32 Å². The van der Waals surface area contributed by atoms with Gasteiger partial charge in [0.15, 0.2) is 0 Å². The summed E-state index contributed by atoms with van der Waals surface area (Å²) in [7, 11) is 0. The maximum Gasteiger partial charge on any atom is 0.391 e. The van der Waals surface area contributed by atoms with Gasteiger partial charge in [0.2, 0.25) is 5.91 Å². The fourth-order valence-electron chi connectivity index (χ4n) is 1.86. The lowest BCUT2D eigenvalue weighted by atomic mass is 10.0. The first kappa shape index (κ1) is 12.6. The zero-order valence-corrected chi connectivity index (χ0v) is 8.87. The Labute approximate surface area is 91.2 Å². The van der Waals surface area contributed by atoms with Crippen molar-refractivity contribution in [1.29, 1.82) is 0 Å².